The molecule has 3 rings (SSSR count). The monoisotopic (exact) mass is 390 g/mol. The molecule has 3 aromatic rings. The Hall–Kier alpha value is -3.21. The third-order valence-electron chi connectivity index (χ3n) is 5.05. The van der Waals surface area contributed by atoms with E-state index in [2.05, 4.69) is 4.98 Å². The molecule has 1 aromatic heterocycles. The van der Waals surface area contributed by atoms with Crippen molar-refractivity contribution >= 4 is 22.8 Å². The van der Waals surface area contributed by atoms with Crippen molar-refractivity contribution in [2.24, 2.45) is 0 Å². The lowest BCUT2D eigenvalue weighted by molar-refractivity contribution is -0.139. The summed E-state index contributed by atoms with van der Waals surface area (Å²) in [7, 11) is 1.71. The van der Waals surface area contributed by atoms with Crippen molar-refractivity contribution in [1.82, 2.24) is 9.88 Å². The van der Waals surface area contributed by atoms with Gasteiger partial charge in [0.1, 0.15) is 0 Å². The first-order chi connectivity index (χ1) is 13.9. The smallest absolute Gasteiger partial charge is 0.339 e. The number of carbonyl (C=O) groups is 2. The molecule has 1 heterocycles. The number of amides is 1. The van der Waals surface area contributed by atoms with Gasteiger partial charge in [0, 0.05) is 24.7 Å². The van der Waals surface area contributed by atoms with E-state index in [1.165, 1.54) is 0 Å². The van der Waals surface area contributed by atoms with Crippen LogP contribution < -0.4 is 0 Å². The van der Waals surface area contributed by atoms with E-state index in [0.29, 0.717) is 18.5 Å². The van der Waals surface area contributed by atoms with Crippen LogP contribution in [0.5, 0.6) is 0 Å². The van der Waals surface area contributed by atoms with Gasteiger partial charge in [0.2, 0.25) is 0 Å². The highest BCUT2D eigenvalue weighted by atomic mass is 16.5. The van der Waals surface area contributed by atoms with E-state index in [1.54, 1.807) is 18.9 Å². The number of para-hydroxylation sites is 1. The van der Waals surface area contributed by atoms with Crippen LogP contribution in [0.1, 0.15) is 41.0 Å². The first kappa shape index (κ1) is 20.5. The van der Waals surface area contributed by atoms with E-state index >= 15 is 0 Å². The number of benzene rings is 2. The number of nitrogens with zero attached hydrogens (tertiary/aromatic N) is 2. The molecule has 0 unspecified atom stereocenters. The Morgan fingerprint density at radius 2 is 1.72 bits per heavy atom. The topological polar surface area (TPSA) is 59.5 Å². The molecule has 0 saturated heterocycles. The van der Waals surface area contributed by atoms with Gasteiger partial charge in [-0.3, -0.25) is 9.78 Å². The third-order valence-corrected chi connectivity index (χ3v) is 5.05. The number of fused-ring (bicyclic) bond motifs is 1. The first-order valence-corrected chi connectivity index (χ1v) is 9.80. The zero-order chi connectivity index (χ0) is 21.0. The second-order valence-electron chi connectivity index (χ2n) is 7.16. The Bertz CT molecular complexity index is 1030. The fraction of sp³-hybridized carbons (Fsp3) is 0.292. The lowest BCUT2D eigenvalue weighted by Crippen LogP contribution is -2.37. The van der Waals surface area contributed by atoms with Crippen LogP contribution in [0.4, 0.5) is 0 Å². The molecule has 0 aliphatic carbocycles. The summed E-state index contributed by atoms with van der Waals surface area (Å²) in [6, 6.07) is 17.2. The van der Waals surface area contributed by atoms with Gasteiger partial charge in [-0.05, 0) is 37.5 Å². The molecule has 2 aromatic carbocycles. The van der Waals surface area contributed by atoms with Crippen LogP contribution in [-0.4, -0.2) is 34.9 Å². The molecule has 150 valence electrons. The summed E-state index contributed by atoms with van der Waals surface area (Å²) in [5, 5.41) is 0.740. The van der Waals surface area contributed by atoms with Crippen LogP contribution in [0.2, 0.25) is 0 Å². The molecule has 29 heavy (non-hydrogen) atoms. The number of hydrogen-bond acceptors (Lipinski definition) is 4. The van der Waals surface area contributed by atoms with Gasteiger partial charge in [-0.2, -0.15) is 0 Å². The lowest BCUT2D eigenvalue weighted by atomic mass is 10.0. The highest BCUT2D eigenvalue weighted by molar-refractivity contribution is 6.05. The summed E-state index contributed by atoms with van der Waals surface area (Å²) in [5.41, 5.74) is 3.91. The summed E-state index contributed by atoms with van der Waals surface area (Å²) in [6.07, 6.45) is -0.168. The molecule has 0 aliphatic heterocycles. The fourth-order valence-corrected chi connectivity index (χ4v) is 3.48. The van der Waals surface area contributed by atoms with E-state index in [9.17, 15) is 9.59 Å². The van der Waals surface area contributed by atoms with Crippen LogP contribution in [0.3, 0.4) is 0 Å². The average Bonchev–Trinajstić information content (AvgIpc) is 2.73. The Kier molecular flexibility index (Phi) is 6.27. The first-order valence-electron chi connectivity index (χ1n) is 9.80. The quantitative estimate of drug-likeness (QED) is 0.589. The molecule has 1 atom stereocenters. The zero-order valence-electron chi connectivity index (χ0n) is 17.3. The molecule has 1 amide bonds. The normalized spacial score (nSPS) is 11.9. The van der Waals surface area contributed by atoms with Gasteiger partial charge >= 0.3 is 5.97 Å². The fourth-order valence-electron chi connectivity index (χ4n) is 3.48. The molecular formula is C24H26N2O3. The van der Waals surface area contributed by atoms with Crippen molar-refractivity contribution in [3.8, 4) is 0 Å². The standard InChI is InChI=1S/C24H26N2O3/c1-5-20-16(2)22(19-13-9-10-14-21(19)25-20)24(28)29-17(3)23(27)26(4)15-18-11-7-6-8-12-18/h6-14,17H,5,15H2,1-4H3/t17-/m0/s1. The van der Waals surface area contributed by atoms with Gasteiger partial charge < -0.3 is 9.64 Å². The van der Waals surface area contributed by atoms with Crippen LogP contribution in [0, 0.1) is 6.92 Å². The number of pyridine rings is 1. The molecular weight excluding hydrogens is 364 g/mol. The van der Waals surface area contributed by atoms with Gasteiger partial charge in [-0.25, -0.2) is 4.79 Å². The number of ether oxygens (including phenoxy) is 1. The van der Waals surface area contributed by atoms with Crippen LogP contribution in [-0.2, 0) is 22.5 Å². The second-order valence-corrected chi connectivity index (χ2v) is 7.16. The molecule has 5 heteroatoms. The number of esters is 1. The van der Waals surface area contributed by atoms with E-state index < -0.39 is 12.1 Å². The van der Waals surface area contributed by atoms with E-state index in [4.69, 9.17) is 4.74 Å². The molecule has 5 nitrogen and oxygen atoms in total. The van der Waals surface area contributed by atoms with Gasteiger partial charge in [0.05, 0.1) is 11.1 Å². The van der Waals surface area contributed by atoms with Crippen molar-refractivity contribution in [3.05, 3.63) is 77.0 Å². The predicted molar refractivity (Wildman–Crippen MR) is 114 cm³/mol. The molecule has 0 bridgehead atoms. The maximum atomic E-state index is 13.0. The van der Waals surface area contributed by atoms with E-state index in [-0.39, 0.29) is 5.91 Å². The Morgan fingerprint density at radius 1 is 1.07 bits per heavy atom. The second kappa shape index (κ2) is 8.86. The van der Waals surface area contributed by atoms with Crippen molar-refractivity contribution < 1.29 is 14.3 Å². The summed E-state index contributed by atoms with van der Waals surface area (Å²) < 4.78 is 5.59. The SMILES string of the molecule is CCc1nc2ccccc2c(C(=O)O[C@@H](C)C(=O)N(C)Cc2ccccc2)c1C. The average molecular weight is 390 g/mol. The van der Waals surface area contributed by atoms with Gasteiger partial charge in [0.15, 0.2) is 6.10 Å². The molecule has 0 spiro atoms. The van der Waals surface area contributed by atoms with Gasteiger partial charge in [-0.1, -0.05) is 55.5 Å². The van der Waals surface area contributed by atoms with Gasteiger partial charge in [-0.15, -0.1) is 0 Å². The maximum Gasteiger partial charge on any atom is 0.339 e. The number of likely N-dealkylation sites (N-methyl/N-ethyl adjacent to an activating group) is 1. The zero-order valence-corrected chi connectivity index (χ0v) is 17.3. The highest BCUT2D eigenvalue weighted by Crippen LogP contribution is 2.25. The Morgan fingerprint density at radius 3 is 2.41 bits per heavy atom. The van der Waals surface area contributed by atoms with Gasteiger partial charge in [0.25, 0.3) is 5.91 Å². The van der Waals surface area contributed by atoms with Crippen LogP contribution in [0.15, 0.2) is 54.6 Å². The van der Waals surface area contributed by atoms with E-state index in [1.807, 2.05) is 68.4 Å². The van der Waals surface area contributed by atoms with Crippen molar-refractivity contribution in [3.63, 3.8) is 0 Å². The third kappa shape index (κ3) is 4.45. The van der Waals surface area contributed by atoms with E-state index in [0.717, 1.165) is 27.7 Å². The number of aromatic nitrogens is 1. The summed E-state index contributed by atoms with van der Waals surface area (Å²) >= 11 is 0. The van der Waals surface area contributed by atoms with Crippen molar-refractivity contribution in [2.75, 3.05) is 7.05 Å². The summed E-state index contributed by atoms with van der Waals surface area (Å²) in [4.78, 5) is 32.0. The number of rotatable bonds is 6. The summed E-state index contributed by atoms with van der Waals surface area (Å²) in [5.74, 6) is -0.737. The molecule has 0 N–H and O–H groups in total. The van der Waals surface area contributed by atoms with Crippen molar-refractivity contribution in [2.45, 2.75) is 39.8 Å². The number of aryl methyl sites for hydroxylation is 1. The summed E-state index contributed by atoms with van der Waals surface area (Å²) in [6.45, 7) is 5.95. The minimum Gasteiger partial charge on any atom is -0.449 e. The van der Waals surface area contributed by atoms with Crippen LogP contribution in [0.25, 0.3) is 10.9 Å². The van der Waals surface area contributed by atoms with Crippen LogP contribution >= 0.6 is 0 Å². The maximum absolute atomic E-state index is 13.0. The molecule has 0 aliphatic rings. The number of carbonyl (C=O) groups excluding carboxylic acids is 2. The Balaban J connectivity index is 1.81. The lowest BCUT2D eigenvalue weighted by Gasteiger charge is -2.22. The Labute approximate surface area is 171 Å². The molecule has 0 fully saturated rings. The predicted octanol–water partition coefficient (Wildman–Crippen LogP) is 4.31. The molecule has 0 radical (unpaired) electrons. The molecule has 0 saturated carbocycles. The minimum atomic E-state index is -0.882. The minimum absolute atomic E-state index is 0.242. The largest absolute Gasteiger partial charge is 0.449 e. The van der Waals surface area contributed by atoms with Crippen molar-refractivity contribution in [1.29, 1.82) is 0 Å². The number of hydrogen-bond donors (Lipinski definition) is 0. The highest BCUT2D eigenvalue weighted by Gasteiger charge is 2.25.